The summed E-state index contributed by atoms with van der Waals surface area (Å²) in [6, 6.07) is 5.38. The van der Waals surface area contributed by atoms with E-state index in [1.165, 1.54) is 0 Å². The zero-order chi connectivity index (χ0) is 15.1. The summed E-state index contributed by atoms with van der Waals surface area (Å²) in [5, 5.41) is 5.78. The van der Waals surface area contributed by atoms with E-state index in [4.69, 9.17) is 0 Å². The number of pyridine rings is 1. The number of hydrogen-bond acceptors (Lipinski definition) is 5. The number of hydrogen-bond donors (Lipinski definition) is 2. The molecule has 21 heavy (non-hydrogen) atoms. The van der Waals surface area contributed by atoms with E-state index in [0.29, 0.717) is 24.7 Å². The van der Waals surface area contributed by atoms with Gasteiger partial charge in [-0.3, -0.25) is 9.78 Å². The van der Waals surface area contributed by atoms with Crippen LogP contribution in [0.3, 0.4) is 0 Å². The molecule has 0 aliphatic carbocycles. The summed E-state index contributed by atoms with van der Waals surface area (Å²) in [6.07, 6.45) is 5.10. The van der Waals surface area contributed by atoms with Crippen LogP contribution in [0.4, 0.5) is 5.95 Å². The number of carbonyl (C=O) groups excluding carboxylic acids is 1. The molecule has 0 unspecified atom stereocenters. The van der Waals surface area contributed by atoms with Crippen LogP contribution >= 0.6 is 0 Å². The molecular formula is C15H17N5O. The first kappa shape index (κ1) is 14.6. The van der Waals surface area contributed by atoms with Crippen LogP contribution in [0, 0.1) is 6.92 Å². The topological polar surface area (TPSA) is 79.8 Å². The molecule has 0 aliphatic heterocycles. The summed E-state index contributed by atoms with van der Waals surface area (Å²) in [4.78, 5) is 24.5. The Labute approximate surface area is 123 Å². The second-order valence-electron chi connectivity index (χ2n) is 4.43. The van der Waals surface area contributed by atoms with Gasteiger partial charge in [0, 0.05) is 31.2 Å². The summed E-state index contributed by atoms with van der Waals surface area (Å²) < 4.78 is 0. The van der Waals surface area contributed by atoms with Crippen LogP contribution in [0.1, 0.15) is 21.7 Å². The zero-order valence-corrected chi connectivity index (χ0v) is 11.8. The standard InChI is InChI=1S/C15H17N5O/c1-3-6-17-15-19-11(2)8-13(20-15)14(21)18-10-12-5-4-7-16-9-12/h3-5,7-9H,1,6,10H2,2H3,(H,18,21)(H,17,19,20). The maximum absolute atomic E-state index is 12.1. The van der Waals surface area contributed by atoms with Crippen LogP contribution in [-0.4, -0.2) is 27.4 Å². The van der Waals surface area contributed by atoms with Gasteiger partial charge in [0.1, 0.15) is 5.69 Å². The summed E-state index contributed by atoms with van der Waals surface area (Å²) in [5.41, 5.74) is 1.99. The number of rotatable bonds is 6. The van der Waals surface area contributed by atoms with Crippen molar-refractivity contribution in [3.8, 4) is 0 Å². The Morgan fingerprint density at radius 2 is 2.29 bits per heavy atom. The van der Waals surface area contributed by atoms with Crippen LogP contribution in [0.2, 0.25) is 0 Å². The van der Waals surface area contributed by atoms with Crippen molar-refractivity contribution in [1.82, 2.24) is 20.3 Å². The Morgan fingerprint density at radius 3 is 3.00 bits per heavy atom. The van der Waals surface area contributed by atoms with Crippen LogP contribution in [0.25, 0.3) is 0 Å². The van der Waals surface area contributed by atoms with Crippen molar-refractivity contribution in [2.24, 2.45) is 0 Å². The lowest BCUT2D eigenvalue weighted by atomic mass is 10.2. The number of aromatic nitrogens is 3. The van der Waals surface area contributed by atoms with Gasteiger partial charge >= 0.3 is 0 Å². The Balaban J connectivity index is 2.04. The zero-order valence-electron chi connectivity index (χ0n) is 11.8. The molecule has 6 heteroatoms. The highest BCUT2D eigenvalue weighted by Crippen LogP contribution is 2.05. The van der Waals surface area contributed by atoms with E-state index in [2.05, 4.69) is 32.2 Å². The fourth-order valence-electron chi connectivity index (χ4n) is 1.70. The minimum Gasteiger partial charge on any atom is -0.351 e. The second kappa shape index (κ2) is 7.14. The molecule has 2 rings (SSSR count). The summed E-state index contributed by atoms with van der Waals surface area (Å²) in [5.74, 6) is 0.174. The van der Waals surface area contributed by atoms with Gasteiger partial charge in [-0.15, -0.1) is 6.58 Å². The van der Waals surface area contributed by atoms with Crippen molar-refractivity contribution in [2.45, 2.75) is 13.5 Å². The molecule has 0 saturated heterocycles. The smallest absolute Gasteiger partial charge is 0.270 e. The average molecular weight is 283 g/mol. The van der Waals surface area contributed by atoms with Crippen LogP contribution in [0.15, 0.2) is 43.2 Å². The quantitative estimate of drug-likeness (QED) is 0.789. The molecule has 0 atom stereocenters. The molecule has 1 amide bonds. The fraction of sp³-hybridized carbons (Fsp3) is 0.200. The lowest BCUT2D eigenvalue weighted by Gasteiger charge is -2.07. The third kappa shape index (κ3) is 4.38. The van der Waals surface area contributed by atoms with Gasteiger partial charge in [-0.25, -0.2) is 9.97 Å². The molecule has 0 fully saturated rings. The molecule has 0 spiro atoms. The first-order valence-corrected chi connectivity index (χ1v) is 6.56. The minimum absolute atomic E-state index is 0.244. The van der Waals surface area contributed by atoms with E-state index >= 15 is 0 Å². The van der Waals surface area contributed by atoms with Gasteiger partial charge < -0.3 is 10.6 Å². The van der Waals surface area contributed by atoms with E-state index < -0.39 is 0 Å². The lowest BCUT2D eigenvalue weighted by Crippen LogP contribution is -2.24. The SMILES string of the molecule is C=CCNc1nc(C)cc(C(=O)NCc2cccnc2)n1. The van der Waals surface area contributed by atoms with Crippen molar-refractivity contribution < 1.29 is 4.79 Å². The van der Waals surface area contributed by atoms with E-state index in [0.717, 1.165) is 11.3 Å². The Bertz CT molecular complexity index is 627. The maximum Gasteiger partial charge on any atom is 0.270 e. The van der Waals surface area contributed by atoms with E-state index in [1.807, 2.05) is 19.1 Å². The predicted octanol–water partition coefficient (Wildman–Crippen LogP) is 1.71. The van der Waals surface area contributed by atoms with Crippen LogP contribution < -0.4 is 10.6 Å². The van der Waals surface area contributed by atoms with Crippen molar-refractivity contribution in [3.05, 3.63) is 60.2 Å². The molecule has 0 aliphatic rings. The third-order valence-corrected chi connectivity index (χ3v) is 2.67. The lowest BCUT2D eigenvalue weighted by molar-refractivity contribution is 0.0945. The molecule has 2 aromatic rings. The van der Waals surface area contributed by atoms with Gasteiger partial charge in [-0.2, -0.15) is 0 Å². The predicted molar refractivity (Wildman–Crippen MR) is 80.9 cm³/mol. The monoisotopic (exact) mass is 283 g/mol. The molecule has 0 saturated carbocycles. The Morgan fingerprint density at radius 1 is 1.43 bits per heavy atom. The fourth-order valence-corrected chi connectivity index (χ4v) is 1.70. The summed E-state index contributed by atoms with van der Waals surface area (Å²) >= 11 is 0. The van der Waals surface area contributed by atoms with Crippen molar-refractivity contribution in [1.29, 1.82) is 0 Å². The molecule has 2 heterocycles. The number of aryl methyl sites for hydroxylation is 1. The van der Waals surface area contributed by atoms with E-state index in [9.17, 15) is 4.79 Å². The molecule has 6 nitrogen and oxygen atoms in total. The highest BCUT2D eigenvalue weighted by Gasteiger charge is 2.10. The van der Waals surface area contributed by atoms with Crippen molar-refractivity contribution in [3.63, 3.8) is 0 Å². The summed E-state index contributed by atoms with van der Waals surface area (Å²) in [6.45, 7) is 6.38. The first-order chi connectivity index (χ1) is 10.2. The highest BCUT2D eigenvalue weighted by atomic mass is 16.1. The van der Waals surface area contributed by atoms with Gasteiger partial charge in [-0.05, 0) is 24.6 Å². The number of anilines is 1. The number of amides is 1. The van der Waals surface area contributed by atoms with Gasteiger partial charge in [0.25, 0.3) is 5.91 Å². The molecular weight excluding hydrogens is 266 g/mol. The molecule has 108 valence electrons. The van der Waals surface area contributed by atoms with Gasteiger partial charge in [0.2, 0.25) is 5.95 Å². The molecule has 2 N–H and O–H groups in total. The van der Waals surface area contributed by atoms with Crippen LogP contribution in [0.5, 0.6) is 0 Å². The Hall–Kier alpha value is -2.76. The normalized spacial score (nSPS) is 9.95. The second-order valence-corrected chi connectivity index (χ2v) is 4.43. The van der Waals surface area contributed by atoms with Crippen molar-refractivity contribution in [2.75, 3.05) is 11.9 Å². The average Bonchev–Trinajstić information content (AvgIpc) is 2.51. The Kier molecular flexibility index (Phi) is 4.98. The van der Waals surface area contributed by atoms with E-state index in [-0.39, 0.29) is 5.91 Å². The van der Waals surface area contributed by atoms with Gasteiger partial charge in [-0.1, -0.05) is 12.1 Å². The summed E-state index contributed by atoms with van der Waals surface area (Å²) in [7, 11) is 0. The largest absolute Gasteiger partial charge is 0.351 e. The van der Waals surface area contributed by atoms with Crippen LogP contribution in [-0.2, 0) is 6.54 Å². The number of nitrogens with one attached hydrogen (secondary N) is 2. The molecule has 0 radical (unpaired) electrons. The molecule has 2 aromatic heterocycles. The first-order valence-electron chi connectivity index (χ1n) is 6.56. The molecule has 0 bridgehead atoms. The van der Waals surface area contributed by atoms with Gasteiger partial charge in [0.05, 0.1) is 0 Å². The number of carbonyl (C=O) groups is 1. The van der Waals surface area contributed by atoms with E-state index in [1.54, 1.807) is 24.5 Å². The number of nitrogens with zero attached hydrogens (tertiary/aromatic N) is 3. The van der Waals surface area contributed by atoms with Gasteiger partial charge in [0.15, 0.2) is 0 Å². The third-order valence-electron chi connectivity index (χ3n) is 2.67. The maximum atomic E-state index is 12.1. The minimum atomic E-state index is -0.244. The van der Waals surface area contributed by atoms with Crippen molar-refractivity contribution >= 4 is 11.9 Å². The highest BCUT2D eigenvalue weighted by molar-refractivity contribution is 5.92. The molecule has 0 aromatic carbocycles.